The number of aliphatic hydroxyl groups excluding tert-OH is 1. The van der Waals surface area contributed by atoms with Gasteiger partial charge >= 0.3 is 5.97 Å². The van der Waals surface area contributed by atoms with Crippen LogP contribution in [0.5, 0.6) is 0 Å². The number of nitrogen functional groups attached to an aromatic ring is 1. The Bertz CT molecular complexity index is 323. The van der Waals surface area contributed by atoms with Crippen LogP contribution in [0.15, 0.2) is 18.2 Å². The largest absolute Gasteiger partial charge is 0.465 e. The fraction of sp³-hybridized carbons (Fsp3) is 0.222. The number of hydrogen-bond acceptors (Lipinski definition) is 4. The monoisotopic (exact) mass is 181 g/mol. The van der Waals surface area contributed by atoms with Crippen molar-refractivity contribution in [2.24, 2.45) is 0 Å². The van der Waals surface area contributed by atoms with Crippen molar-refractivity contribution in [3.8, 4) is 0 Å². The first-order valence-corrected chi connectivity index (χ1v) is 3.76. The van der Waals surface area contributed by atoms with Crippen molar-refractivity contribution in [2.45, 2.75) is 6.61 Å². The third kappa shape index (κ3) is 1.97. The van der Waals surface area contributed by atoms with E-state index in [0.717, 1.165) is 0 Å². The second-order valence-electron chi connectivity index (χ2n) is 2.56. The Morgan fingerprint density at radius 3 is 2.85 bits per heavy atom. The molecule has 70 valence electrons. The molecule has 0 aromatic heterocycles. The molecule has 0 saturated heterocycles. The van der Waals surface area contributed by atoms with Crippen LogP contribution in [0, 0.1) is 0 Å². The highest BCUT2D eigenvalue weighted by Gasteiger charge is 2.07. The highest BCUT2D eigenvalue weighted by Crippen LogP contribution is 2.14. The van der Waals surface area contributed by atoms with Crippen molar-refractivity contribution in [1.82, 2.24) is 0 Å². The predicted octanol–water partition coefficient (Wildman–Crippen LogP) is 0.548. The van der Waals surface area contributed by atoms with E-state index in [0.29, 0.717) is 16.8 Å². The van der Waals surface area contributed by atoms with Crippen LogP contribution in [0.4, 0.5) is 5.69 Å². The van der Waals surface area contributed by atoms with Gasteiger partial charge in [-0.15, -0.1) is 0 Å². The summed E-state index contributed by atoms with van der Waals surface area (Å²) in [6.45, 7) is -0.184. The van der Waals surface area contributed by atoms with Gasteiger partial charge in [0.2, 0.25) is 0 Å². The van der Waals surface area contributed by atoms with E-state index >= 15 is 0 Å². The van der Waals surface area contributed by atoms with Gasteiger partial charge in [-0.25, -0.2) is 4.79 Å². The van der Waals surface area contributed by atoms with Crippen molar-refractivity contribution in [3.63, 3.8) is 0 Å². The molecule has 0 fully saturated rings. The van der Waals surface area contributed by atoms with Gasteiger partial charge in [-0.05, 0) is 18.2 Å². The summed E-state index contributed by atoms with van der Waals surface area (Å²) < 4.78 is 4.51. The SMILES string of the molecule is COC(=O)c1ccc(N)c(CO)c1. The maximum atomic E-state index is 11.0. The summed E-state index contributed by atoms with van der Waals surface area (Å²) in [6, 6.07) is 4.64. The van der Waals surface area contributed by atoms with E-state index in [1.165, 1.54) is 13.2 Å². The van der Waals surface area contributed by atoms with Crippen LogP contribution in [0.2, 0.25) is 0 Å². The van der Waals surface area contributed by atoms with Crippen molar-refractivity contribution in [1.29, 1.82) is 0 Å². The molecule has 0 unspecified atom stereocenters. The standard InChI is InChI=1S/C9H11NO3/c1-13-9(12)6-2-3-8(10)7(4-6)5-11/h2-4,11H,5,10H2,1H3. The average molecular weight is 181 g/mol. The summed E-state index contributed by atoms with van der Waals surface area (Å²) in [5.74, 6) is -0.435. The zero-order chi connectivity index (χ0) is 9.84. The maximum Gasteiger partial charge on any atom is 0.337 e. The molecule has 0 aliphatic rings. The Hall–Kier alpha value is -1.55. The molecule has 0 saturated carbocycles. The number of benzene rings is 1. The fourth-order valence-corrected chi connectivity index (χ4v) is 0.987. The van der Waals surface area contributed by atoms with Gasteiger partial charge in [0, 0.05) is 11.3 Å². The van der Waals surface area contributed by atoms with E-state index in [-0.39, 0.29) is 6.61 Å². The molecule has 4 heteroatoms. The van der Waals surface area contributed by atoms with Gasteiger partial charge in [-0.1, -0.05) is 0 Å². The van der Waals surface area contributed by atoms with Gasteiger partial charge in [0.05, 0.1) is 19.3 Å². The van der Waals surface area contributed by atoms with Gasteiger partial charge in [0.15, 0.2) is 0 Å². The van der Waals surface area contributed by atoms with Crippen molar-refractivity contribution >= 4 is 11.7 Å². The van der Waals surface area contributed by atoms with Gasteiger partial charge in [0.25, 0.3) is 0 Å². The maximum absolute atomic E-state index is 11.0. The highest BCUT2D eigenvalue weighted by atomic mass is 16.5. The van der Waals surface area contributed by atoms with Crippen molar-refractivity contribution in [2.75, 3.05) is 12.8 Å². The van der Waals surface area contributed by atoms with Gasteiger partial charge in [-0.3, -0.25) is 0 Å². The number of methoxy groups -OCH3 is 1. The normalized spacial score (nSPS) is 9.69. The number of nitrogens with two attached hydrogens (primary N) is 1. The molecule has 0 heterocycles. The molecule has 0 aliphatic carbocycles. The average Bonchev–Trinajstić information content (AvgIpc) is 2.17. The molecule has 0 bridgehead atoms. The minimum absolute atomic E-state index is 0.184. The van der Waals surface area contributed by atoms with Gasteiger partial charge in [-0.2, -0.15) is 0 Å². The Kier molecular flexibility index (Phi) is 2.87. The Morgan fingerprint density at radius 2 is 2.31 bits per heavy atom. The molecule has 0 aliphatic heterocycles. The number of esters is 1. The molecule has 1 aromatic rings. The second kappa shape index (κ2) is 3.91. The Balaban J connectivity index is 3.06. The first-order chi connectivity index (χ1) is 6.19. The fourth-order valence-electron chi connectivity index (χ4n) is 0.987. The minimum Gasteiger partial charge on any atom is -0.465 e. The predicted molar refractivity (Wildman–Crippen MR) is 48.1 cm³/mol. The zero-order valence-electron chi connectivity index (χ0n) is 7.28. The first kappa shape index (κ1) is 9.54. The van der Waals surface area contributed by atoms with E-state index in [4.69, 9.17) is 10.8 Å². The molecule has 13 heavy (non-hydrogen) atoms. The number of rotatable bonds is 2. The molecule has 0 amide bonds. The lowest BCUT2D eigenvalue weighted by molar-refractivity contribution is 0.0600. The summed E-state index contributed by atoms with van der Waals surface area (Å²) in [5.41, 5.74) is 6.92. The Morgan fingerprint density at radius 1 is 1.62 bits per heavy atom. The van der Waals surface area contributed by atoms with Gasteiger partial charge < -0.3 is 15.6 Å². The number of carbonyl (C=O) groups is 1. The molecule has 3 N–H and O–H groups in total. The minimum atomic E-state index is -0.435. The van der Waals surface area contributed by atoms with E-state index in [9.17, 15) is 4.79 Å². The Labute approximate surface area is 75.9 Å². The summed E-state index contributed by atoms with van der Waals surface area (Å²) >= 11 is 0. The summed E-state index contributed by atoms with van der Waals surface area (Å²) in [5, 5.41) is 8.87. The summed E-state index contributed by atoms with van der Waals surface area (Å²) in [7, 11) is 1.30. The quantitative estimate of drug-likeness (QED) is 0.516. The number of carbonyl (C=O) groups excluding carboxylic acids is 1. The smallest absolute Gasteiger partial charge is 0.337 e. The second-order valence-corrected chi connectivity index (χ2v) is 2.56. The van der Waals surface area contributed by atoms with E-state index < -0.39 is 5.97 Å². The lowest BCUT2D eigenvalue weighted by Crippen LogP contribution is -2.03. The summed E-state index contributed by atoms with van der Waals surface area (Å²) in [4.78, 5) is 11.0. The van der Waals surface area contributed by atoms with E-state index in [1.807, 2.05) is 0 Å². The summed E-state index contributed by atoms with van der Waals surface area (Å²) in [6.07, 6.45) is 0. The molecule has 0 atom stereocenters. The van der Waals surface area contributed by atoms with Crippen LogP contribution < -0.4 is 5.73 Å². The van der Waals surface area contributed by atoms with Crippen LogP contribution in [0.3, 0.4) is 0 Å². The van der Waals surface area contributed by atoms with Crippen LogP contribution in [-0.2, 0) is 11.3 Å². The third-order valence-corrected chi connectivity index (χ3v) is 1.73. The number of ether oxygens (including phenoxy) is 1. The van der Waals surface area contributed by atoms with Crippen LogP contribution >= 0.6 is 0 Å². The topological polar surface area (TPSA) is 72.5 Å². The van der Waals surface area contributed by atoms with Crippen LogP contribution in [0.1, 0.15) is 15.9 Å². The zero-order valence-corrected chi connectivity index (χ0v) is 7.28. The van der Waals surface area contributed by atoms with Crippen LogP contribution in [0.25, 0.3) is 0 Å². The lowest BCUT2D eigenvalue weighted by Gasteiger charge is -2.04. The first-order valence-electron chi connectivity index (χ1n) is 3.76. The molecule has 4 nitrogen and oxygen atoms in total. The molecule has 0 spiro atoms. The molecule has 1 aromatic carbocycles. The van der Waals surface area contributed by atoms with E-state index in [1.54, 1.807) is 12.1 Å². The molecule has 1 rings (SSSR count). The van der Waals surface area contributed by atoms with Gasteiger partial charge in [0.1, 0.15) is 0 Å². The number of anilines is 1. The van der Waals surface area contributed by atoms with Crippen molar-refractivity contribution in [3.05, 3.63) is 29.3 Å². The van der Waals surface area contributed by atoms with Crippen LogP contribution in [-0.4, -0.2) is 18.2 Å². The molecule has 0 radical (unpaired) electrons. The lowest BCUT2D eigenvalue weighted by atomic mass is 10.1. The van der Waals surface area contributed by atoms with Crippen molar-refractivity contribution < 1.29 is 14.6 Å². The highest BCUT2D eigenvalue weighted by molar-refractivity contribution is 5.90. The molecular weight excluding hydrogens is 170 g/mol. The molecular formula is C9H11NO3. The van der Waals surface area contributed by atoms with E-state index in [2.05, 4.69) is 4.74 Å². The number of hydrogen-bond donors (Lipinski definition) is 2. The number of aliphatic hydroxyl groups is 1. The third-order valence-electron chi connectivity index (χ3n) is 1.73.